The topological polar surface area (TPSA) is 97.3 Å². The molecule has 214 valence electrons. The first-order valence-electron chi connectivity index (χ1n) is 13.0. The number of aromatic amines is 1. The van der Waals surface area contributed by atoms with E-state index < -0.39 is 18.4 Å². The Balaban J connectivity index is 1.33. The van der Waals surface area contributed by atoms with Gasteiger partial charge in [0, 0.05) is 12.8 Å². The van der Waals surface area contributed by atoms with Crippen LogP contribution in [0.1, 0.15) is 27.2 Å². The number of ether oxygens (including phenoxy) is 2. The monoisotopic (exact) mass is 573 g/mol. The van der Waals surface area contributed by atoms with Crippen molar-refractivity contribution in [2.24, 2.45) is 0 Å². The van der Waals surface area contributed by atoms with Gasteiger partial charge in [-0.2, -0.15) is 0 Å². The van der Waals surface area contributed by atoms with Gasteiger partial charge in [0.1, 0.15) is 11.9 Å². The van der Waals surface area contributed by atoms with Gasteiger partial charge in [-0.1, -0.05) is 101 Å². The van der Waals surface area contributed by atoms with Crippen LogP contribution >= 0.6 is 0 Å². The zero-order valence-corrected chi connectivity index (χ0v) is 22.4. The summed E-state index contributed by atoms with van der Waals surface area (Å²) in [5.74, 6) is -1.61. The van der Waals surface area contributed by atoms with E-state index in [1.165, 1.54) is 17.7 Å². The second-order valence-corrected chi connectivity index (χ2v) is 9.78. The fourth-order valence-electron chi connectivity index (χ4n) is 4.54. The van der Waals surface area contributed by atoms with Crippen LogP contribution in [0.5, 0.6) is 11.6 Å². The average Bonchev–Trinajstić information content (AvgIpc) is 3.42. The summed E-state index contributed by atoms with van der Waals surface area (Å²) in [5, 5.41) is 19.2. The van der Waals surface area contributed by atoms with Crippen molar-refractivity contribution >= 4 is 5.97 Å². The van der Waals surface area contributed by atoms with Crippen LogP contribution in [0.4, 0.5) is 13.2 Å². The van der Waals surface area contributed by atoms with Crippen LogP contribution in [0.15, 0.2) is 97.1 Å². The summed E-state index contributed by atoms with van der Waals surface area (Å²) in [6, 6.07) is 29.5. The molecule has 42 heavy (non-hydrogen) atoms. The Hall–Kier alpha value is -5.12. The molecular formula is C32H26F3N3O4. The highest BCUT2D eigenvalue weighted by molar-refractivity contribution is 5.87. The zero-order chi connectivity index (χ0) is 29.7. The van der Waals surface area contributed by atoms with Crippen molar-refractivity contribution in [1.82, 2.24) is 15.4 Å². The fraction of sp³-hybridized carbons (Fsp3) is 0.156. The molecule has 0 amide bonds. The first kappa shape index (κ1) is 28.4. The maximum Gasteiger partial charge on any atom is 0.573 e. The lowest BCUT2D eigenvalue weighted by Crippen LogP contribution is -2.23. The third kappa shape index (κ3) is 7.34. The fourth-order valence-corrected chi connectivity index (χ4v) is 4.54. The number of rotatable bonds is 10. The third-order valence-electron chi connectivity index (χ3n) is 6.65. The highest BCUT2D eigenvalue weighted by Crippen LogP contribution is 2.28. The molecule has 1 heterocycles. The number of aryl methyl sites for hydroxylation is 1. The molecule has 1 atom stereocenters. The van der Waals surface area contributed by atoms with Gasteiger partial charge in [-0.3, -0.25) is 0 Å². The van der Waals surface area contributed by atoms with E-state index in [9.17, 15) is 23.1 Å². The van der Waals surface area contributed by atoms with Crippen molar-refractivity contribution in [2.75, 3.05) is 0 Å². The lowest BCUT2D eigenvalue weighted by Gasteiger charge is -2.19. The van der Waals surface area contributed by atoms with E-state index in [4.69, 9.17) is 4.74 Å². The van der Waals surface area contributed by atoms with E-state index in [-0.39, 0.29) is 17.3 Å². The number of benzene rings is 4. The molecule has 0 saturated heterocycles. The quantitative estimate of drug-likeness (QED) is 0.182. The molecule has 4 aromatic carbocycles. The van der Waals surface area contributed by atoms with Crippen LogP contribution in [-0.2, 0) is 12.8 Å². The molecule has 0 aliphatic rings. The second kappa shape index (κ2) is 12.2. The van der Waals surface area contributed by atoms with Gasteiger partial charge in [0.05, 0.1) is 0 Å². The summed E-state index contributed by atoms with van der Waals surface area (Å²) in [6.45, 7) is 2.04. The van der Waals surface area contributed by atoms with Gasteiger partial charge in [0.25, 0.3) is 5.88 Å². The number of aromatic carboxylic acids is 1. The van der Waals surface area contributed by atoms with Crippen LogP contribution in [0.3, 0.4) is 0 Å². The van der Waals surface area contributed by atoms with Crippen LogP contribution in [0.25, 0.3) is 22.3 Å². The van der Waals surface area contributed by atoms with Gasteiger partial charge in [-0.05, 0) is 52.4 Å². The number of hydrogen-bond acceptors (Lipinski definition) is 5. The summed E-state index contributed by atoms with van der Waals surface area (Å²) in [7, 11) is 0. The maximum atomic E-state index is 12.5. The van der Waals surface area contributed by atoms with Crippen LogP contribution in [-0.4, -0.2) is 39.0 Å². The molecule has 0 fully saturated rings. The highest BCUT2D eigenvalue weighted by Gasteiger charge is 2.31. The maximum absolute atomic E-state index is 12.5. The molecule has 10 heteroatoms. The van der Waals surface area contributed by atoms with Gasteiger partial charge in [-0.25, -0.2) is 9.89 Å². The van der Waals surface area contributed by atoms with Gasteiger partial charge >= 0.3 is 12.3 Å². The molecule has 5 aromatic rings. The van der Waals surface area contributed by atoms with E-state index in [0.717, 1.165) is 33.4 Å². The Morgan fingerprint density at radius 3 is 1.69 bits per heavy atom. The number of halogens is 3. The zero-order valence-electron chi connectivity index (χ0n) is 22.4. The summed E-state index contributed by atoms with van der Waals surface area (Å²) in [6.07, 6.45) is -4.31. The Labute approximate surface area is 239 Å². The number of alkyl halides is 3. The second-order valence-electron chi connectivity index (χ2n) is 9.78. The van der Waals surface area contributed by atoms with E-state index in [1.807, 2.05) is 55.5 Å². The Bertz CT molecular complexity index is 1630. The summed E-state index contributed by atoms with van der Waals surface area (Å²) in [4.78, 5) is 11.6. The van der Waals surface area contributed by atoms with Crippen LogP contribution in [0.2, 0.25) is 0 Å². The van der Waals surface area contributed by atoms with E-state index >= 15 is 0 Å². The van der Waals surface area contributed by atoms with Crippen LogP contribution in [0, 0.1) is 6.92 Å². The lowest BCUT2D eigenvalue weighted by atomic mass is 9.97. The minimum absolute atomic E-state index is 0.0958. The molecule has 1 aromatic heterocycles. The molecule has 0 spiro atoms. The van der Waals surface area contributed by atoms with Crippen molar-refractivity contribution in [3.63, 3.8) is 0 Å². The number of nitrogens with zero attached hydrogens (tertiary/aromatic N) is 2. The molecule has 0 aliphatic carbocycles. The molecule has 7 nitrogen and oxygen atoms in total. The standard InChI is InChI=1S/C32H26F3N3O4/c1-20-2-8-23(9-3-20)24-10-4-21(5-11-24)18-28(41-30-29(31(39)40)36-38-37-30)19-22-6-12-25(13-7-22)26-14-16-27(17-15-26)42-32(33,34)35/h2-17,28H,18-19H2,1H3,(H,39,40)(H,36,37,38). The highest BCUT2D eigenvalue weighted by atomic mass is 19.4. The number of nitrogens with one attached hydrogen (secondary N) is 1. The minimum atomic E-state index is -4.75. The number of aromatic nitrogens is 3. The number of carboxylic acid groups (broad SMARTS) is 1. The van der Waals surface area contributed by atoms with E-state index in [0.29, 0.717) is 12.8 Å². The molecule has 2 N–H and O–H groups in total. The predicted octanol–water partition coefficient (Wildman–Crippen LogP) is 7.28. The van der Waals surface area contributed by atoms with Crippen molar-refractivity contribution < 1.29 is 32.5 Å². The van der Waals surface area contributed by atoms with Crippen molar-refractivity contribution in [2.45, 2.75) is 32.2 Å². The van der Waals surface area contributed by atoms with E-state index in [2.05, 4.69) is 44.4 Å². The molecular weight excluding hydrogens is 547 g/mol. The summed E-state index contributed by atoms with van der Waals surface area (Å²) in [5.41, 5.74) is 6.59. The van der Waals surface area contributed by atoms with E-state index in [1.54, 1.807) is 12.1 Å². The first-order chi connectivity index (χ1) is 20.1. The van der Waals surface area contributed by atoms with Crippen LogP contribution < -0.4 is 9.47 Å². The molecule has 5 rings (SSSR count). The van der Waals surface area contributed by atoms with Crippen molar-refractivity contribution in [1.29, 1.82) is 0 Å². The average molecular weight is 574 g/mol. The Morgan fingerprint density at radius 1 is 0.786 bits per heavy atom. The molecule has 0 radical (unpaired) electrons. The predicted molar refractivity (Wildman–Crippen MR) is 150 cm³/mol. The molecule has 0 saturated carbocycles. The minimum Gasteiger partial charge on any atom is -0.476 e. The SMILES string of the molecule is Cc1ccc(-c2ccc(CC(Cc3ccc(-c4ccc(OC(F)(F)F)cc4)cc3)Oc3nn[nH]c3C(=O)O)cc2)cc1. The number of carboxylic acids is 1. The van der Waals surface area contributed by atoms with Gasteiger partial charge in [0.2, 0.25) is 5.69 Å². The van der Waals surface area contributed by atoms with Crippen molar-refractivity contribution in [3.05, 3.63) is 119 Å². The third-order valence-corrected chi connectivity index (χ3v) is 6.65. The number of hydrogen-bond donors (Lipinski definition) is 2. The smallest absolute Gasteiger partial charge is 0.476 e. The Morgan fingerprint density at radius 2 is 1.24 bits per heavy atom. The molecule has 1 unspecified atom stereocenters. The molecule has 0 bridgehead atoms. The molecule has 0 aliphatic heterocycles. The van der Waals surface area contributed by atoms with Gasteiger partial charge in [0.15, 0.2) is 0 Å². The lowest BCUT2D eigenvalue weighted by molar-refractivity contribution is -0.274. The Kier molecular flexibility index (Phi) is 8.24. The first-order valence-corrected chi connectivity index (χ1v) is 13.0. The summed E-state index contributed by atoms with van der Waals surface area (Å²) < 4.78 is 47.4. The number of carbonyl (C=O) groups is 1. The summed E-state index contributed by atoms with van der Waals surface area (Å²) >= 11 is 0. The van der Waals surface area contributed by atoms with Gasteiger partial charge in [-0.15, -0.1) is 13.2 Å². The largest absolute Gasteiger partial charge is 0.573 e. The van der Waals surface area contributed by atoms with Gasteiger partial charge < -0.3 is 14.6 Å². The number of H-pyrrole nitrogens is 1. The van der Waals surface area contributed by atoms with Crippen molar-refractivity contribution in [3.8, 4) is 33.9 Å². The normalized spacial score (nSPS) is 12.1.